The molecule has 220 valence electrons. The van der Waals surface area contributed by atoms with E-state index < -0.39 is 32.5 Å². The Hall–Kier alpha value is -4.69. The summed E-state index contributed by atoms with van der Waals surface area (Å²) in [7, 11) is -5.37. The Kier molecular flexibility index (Phi) is 8.97. The van der Waals surface area contributed by atoms with Gasteiger partial charge in [0.2, 0.25) is 11.9 Å². The van der Waals surface area contributed by atoms with E-state index in [0.29, 0.717) is 17.1 Å². The molecule has 0 aliphatic carbocycles. The summed E-state index contributed by atoms with van der Waals surface area (Å²) in [4.78, 5) is 21.2. The molecule has 1 heterocycles. The summed E-state index contributed by atoms with van der Waals surface area (Å²) in [6.07, 6.45) is 0. The maximum absolute atomic E-state index is 13.7. The van der Waals surface area contributed by atoms with Crippen LogP contribution in [0.2, 0.25) is 0 Å². The largest absolute Gasteiger partial charge is 0.497 e. The van der Waals surface area contributed by atoms with E-state index in [1.807, 2.05) is 0 Å². The maximum Gasteiger partial charge on any atom is 0.264 e. The van der Waals surface area contributed by atoms with Crippen LogP contribution >= 0.6 is 0 Å². The van der Waals surface area contributed by atoms with Crippen molar-refractivity contribution in [2.45, 2.75) is 23.6 Å². The molecule has 0 bridgehead atoms. The van der Waals surface area contributed by atoms with Gasteiger partial charge in [0, 0.05) is 17.1 Å². The monoisotopic (exact) mass is 611 g/mol. The van der Waals surface area contributed by atoms with Gasteiger partial charge in [-0.1, -0.05) is 12.1 Å². The van der Waals surface area contributed by atoms with Crippen molar-refractivity contribution in [1.29, 1.82) is 0 Å². The van der Waals surface area contributed by atoms with Gasteiger partial charge in [0.1, 0.15) is 18.0 Å². The highest BCUT2D eigenvalue weighted by molar-refractivity contribution is 7.93. The minimum atomic E-state index is -4.22. The zero-order valence-electron chi connectivity index (χ0n) is 23.2. The Morgan fingerprint density at radius 2 is 1.40 bits per heavy atom. The number of aryl methyl sites for hydroxylation is 2. The maximum atomic E-state index is 13.7. The Morgan fingerprint density at radius 1 is 0.810 bits per heavy atom. The van der Waals surface area contributed by atoms with Gasteiger partial charge in [0.25, 0.3) is 20.0 Å². The van der Waals surface area contributed by atoms with E-state index in [0.717, 1.165) is 4.31 Å². The van der Waals surface area contributed by atoms with Crippen LogP contribution in [0.1, 0.15) is 11.4 Å². The molecule has 0 aliphatic rings. The Labute approximate surface area is 244 Å². The number of para-hydroxylation sites is 2. The second kappa shape index (κ2) is 12.4. The van der Waals surface area contributed by atoms with Gasteiger partial charge in [-0.25, -0.2) is 31.5 Å². The first kappa shape index (κ1) is 30.3. The number of anilines is 3. The lowest BCUT2D eigenvalue weighted by molar-refractivity contribution is -0.114. The summed E-state index contributed by atoms with van der Waals surface area (Å²) in [6, 6.07) is 19.3. The van der Waals surface area contributed by atoms with Crippen molar-refractivity contribution >= 4 is 43.3 Å². The highest BCUT2D eigenvalue weighted by Gasteiger charge is 2.29. The number of nitrogens with one attached hydrogen (secondary N) is 2. The molecule has 4 aromatic rings. The number of carbonyl (C=O) groups excluding carboxylic acids is 1. The van der Waals surface area contributed by atoms with Gasteiger partial charge < -0.3 is 14.8 Å². The van der Waals surface area contributed by atoms with E-state index >= 15 is 0 Å². The van der Waals surface area contributed by atoms with Gasteiger partial charge in [-0.05, 0) is 80.6 Å². The summed E-state index contributed by atoms with van der Waals surface area (Å²) in [6.45, 7) is 2.85. The van der Waals surface area contributed by atoms with Crippen LogP contribution < -0.4 is 23.8 Å². The molecule has 2 N–H and O–H groups in total. The third-order valence-corrected chi connectivity index (χ3v) is 9.06. The van der Waals surface area contributed by atoms with Crippen molar-refractivity contribution < 1.29 is 31.1 Å². The molecule has 1 amide bonds. The molecule has 14 heteroatoms. The van der Waals surface area contributed by atoms with Crippen molar-refractivity contribution in [3.63, 3.8) is 0 Å². The number of ether oxygens (including phenoxy) is 2. The number of amides is 1. The lowest BCUT2D eigenvalue weighted by Crippen LogP contribution is -2.38. The number of hydrogen-bond acceptors (Lipinski definition) is 9. The van der Waals surface area contributed by atoms with Crippen LogP contribution in [0.25, 0.3) is 0 Å². The van der Waals surface area contributed by atoms with E-state index in [2.05, 4.69) is 20.0 Å². The van der Waals surface area contributed by atoms with Crippen molar-refractivity contribution in [2.75, 3.05) is 35.1 Å². The van der Waals surface area contributed by atoms with Crippen LogP contribution in [0, 0.1) is 13.8 Å². The number of methoxy groups -OCH3 is 2. The lowest BCUT2D eigenvalue weighted by atomic mass is 10.3. The number of benzene rings is 3. The zero-order valence-corrected chi connectivity index (χ0v) is 24.9. The fourth-order valence-corrected chi connectivity index (χ4v) is 6.38. The van der Waals surface area contributed by atoms with E-state index in [4.69, 9.17) is 9.47 Å². The minimum absolute atomic E-state index is 0.0561. The average molecular weight is 612 g/mol. The summed E-state index contributed by atoms with van der Waals surface area (Å²) in [5.74, 6) is -0.00955. The van der Waals surface area contributed by atoms with E-state index in [1.54, 1.807) is 38.1 Å². The van der Waals surface area contributed by atoms with Crippen molar-refractivity contribution in [3.8, 4) is 11.5 Å². The summed E-state index contributed by atoms with van der Waals surface area (Å²) < 4.78 is 66.8. The van der Waals surface area contributed by atoms with Crippen LogP contribution in [-0.4, -0.2) is 53.5 Å². The van der Waals surface area contributed by atoms with Gasteiger partial charge in [0.05, 0.1) is 29.7 Å². The molecule has 0 saturated carbocycles. The first-order valence-corrected chi connectivity index (χ1v) is 15.4. The molecule has 0 atom stereocenters. The number of rotatable bonds is 11. The topological polar surface area (TPSA) is 157 Å². The molecule has 12 nitrogen and oxygen atoms in total. The minimum Gasteiger partial charge on any atom is -0.497 e. The molecule has 0 unspecified atom stereocenters. The molecule has 3 aromatic carbocycles. The standard InChI is InChI=1S/C28H29N5O7S2/c1-19-17-20(2)30-28(29-19)32-41(35,36)23-13-9-21(10-14-23)31-27(34)18-33(25-7-5-6-8-26(25)40-4)42(37,38)24-15-11-22(39-3)12-16-24/h5-17H,18H2,1-4H3,(H,31,34)(H,29,30,32). The SMILES string of the molecule is COc1ccc(S(=O)(=O)N(CC(=O)Nc2ccc(S(=O)(=O)Nc3nc(C)cc(C)n3)cc2)c2ccccc2OC)cc1. The Balaban J connectivity index is 1.56. The summed E-state index contributed by atoms with van der Waals surface area (Å²) in [5, 5.41) is 2.62. The van der Waals surface area contributed by atoms with Crippen molar-refractivity contribution in [2.24, 2.45) is 0 Å². The van der Waals surface area contributed by atoms with Crippen LogP contribution in [0.15, 0.2) is 88.7 Å². The van der Waals surface area contributed by atoms with Gasteiger partial charge in [-0.3, -0.25) is 9.10 Å². The van der Waals surface area contributed by atoms with E-state index in [-0.39, 0.29) is 32.9 Å². The molecular weight excluding hydrogens is 582 g/mol. The zero-order chi connectivity index (χ0) is 30.5. The quantitative estimate of drug-likeness (QED) is 0.258. The smallest absolute Gasteiger partial charge is 0.264 e. The number of hydrogen-bond donors (Lipinski definition) is 2. The number of aromatic nitrogens is 2. The van der Waals surface area contributed by atoms with Crippen molar-refractivity contribution in [1.82, 2.24) is 9.97 Å². The molecule has 4 rings (SSSR count). The summed E-state index contributed by atoms with van der Waals surface area (Å²) >= 11 is 0. The third kappa shape index (κ3) is 6.95. The highest BCUT2D eigenvalue weighted by atomic mass is 32.2. The van der Waals surface area contributed by atoms with Gasteiger partial charge in [0.15, 0.2) is 0 Å². The Morgan fingerprint density at radius 3 is 2.00 bits per heavy atom. The van der Waals surface area contributed by atoms with E-state index in [9.17, 15) is 21.6 Å². The predicted octanol–water partition coefficient (Wildman–Crippen LogP) is 3.75. The molecule has 42 heavy (non-hydrogen) atoms. The van der Waals surface area contributed by atoms with Gasteiger partial charge >= 0.3 is 0 Å². The third-order valence-electron chi connectivity index (χ3n) is 5.94. The van der Waals surface area contributed by atoms with Crippen LogP contribution in [0.3, 0.4) is 0 Å². The van der Waals surface area contributed by atoms with Gasteiger partial charge in [-0.2, -0.15) is 0 Å². The average Bonchev–Trinajstić information content (AvgIpc) is 2.95. The van der Waals surface area contributed by atoms with E-state index in [1.165, 1.54) is 68.8 Å². The lowest BCUT2D eigenvalue weighted by Gasteiger charge is -2.25. The van der Waals surface area contributed by atoms with Gasteiger partial charge in [-0.15, -0.1) is 0 Å². The Bertz CT molecular complexity index is 1780. The second-order valence-corrected chi connectivity index (χ2v) is 12.6. The van der Waals surface area contributed by atoms with Crippen LogP contribution in [0.4, 0.5) is 17.3 Å². The number of carbonyl (C=O) groups is 1. The molecule has 1 aromatic heterocycles. The fourth-order valence-electron chi connectivity index (χ4n) is 4.01. The number of nitrogens with zero attached hydrogens (tertiary/aromatic N) is 3. The first-order chi connectivity index (χ1) is 19.9. The molecule has 0 aliphatic heterocycles. The molecule has 0 spiro atoms. The highest BCUT2D eigenvalue weighted by Crippen LogP contribution is 2.32. The summed E-state index contributed by atoms with van der Waals surface area (Å²) in [5.41, 5.74) is 1.62. The van der Waals surface area contributed by atoms with Crippen LogP contribution in [-0.2, 0) is 24.8 Å². The van der Waals surface area contributed by atoms with Crippen molar-refractivity contribution in [3.05, 3.63) is 90.3 Å². The molecule has 0 saturated heterocycles. The first-order valence-electron chi connectivity index (χ1n) is 12.5. The number of sulfonamides is 2. The molecular formula is C28H29N5O7S2. The normalized spacial score (nSPS) is 11.4. The second-order valence-electron chi connectivity index (χ2n) is 9.01. The predicted molar refractivity (Wildman–Crippen MR) is 158 cm³/mol. The fraction of sp³-hybridized carbons (Fsp3) is 0.179. The molecule has 0 fully saturated rings. The van der Waals surface area contributed by atoms with Crippen LogP contribution in [0.5, 0.6) is 11.5 Å². The molecule has 0 radical (unpaired) electrons.